The van der Waals surface area contributed by atoms with Crippen molar-refractivity contribution in [1.29, 1.82) is 0 Å². The summed E-state index contributed by atoms with van der Waals surface area (Å²) in [5.74, 6) is 0. The van der Waals surface area contributed by atoms with Crippen LogP contribution >= 0.6 is 0 Å². The van der Waals surface area contributed by atoms with Crippen LogP contribution in [0.2, 0.25) is 0 Å². The Morgan fingerprint density at radius 3 is 1.25 bits per heavy atom. The molecule has 0 aromatic carbocycles. The molecule has 0 aliphatic rings. The largest absolute Gasteiger partial charge is 0.384 e. The van der Waals surface area contributed by atoms with Crippen molar-refractivity contribution in [1.82, 2.24) is 0 Å². The molecule has 0 radical (unpaired) electrons. The summed E-state index contributed by atoms with van der Waals surface area (Å²) in [6.07, 6.45) is 0. The van der Waals surface area contributed by atoms with Gasteiger partial charge >= 0.3 is 0 Å². The van der Waals surface area contributed by atoms with E-state index in [1.54, 1.807) is 28.4 Å². The highest BCUT2D eigenvalue weighted by atomic mass is 16.5. The fourth-order valence-electron chi connectivity index (χ4n) is 1.75. The predicted molar refractivity (Wildman–Crippen MR) is 61.0 cm³/mol. The number of hydrogen-bond donors (Lipinski definition) is 2. The lowest BCUT2D eigenvalue weighted by atomic mass is 9.78. The Labute approximate surface area is 97.2 Å². The van der Waals surface area contributed by atoms with Crippen LogP contribution in [0, 0.1) is 5.41 Å². The van der Waals surface area contributed by atoms with E-state index in [9.17, 15) is 0 Å². The van der Waals surface area contributed by atoms with Gasteiger partial charge in [0.05, 0.1) is 31.8 Å². The van der Waals surface area contributed by atoms with E-state index in [2.05, 4.69) is 0 Å². The van der Waals surface area contributed by atoms with Crippen LogP contribution in [-0.4, -0.2) is 60.5 Å². The van der Waals surface area contributed by atoms with Crippen LogP contribution in [0.3, 0.4) is 0 Å². The quantitative estimate of drug-likeness (QED) is 0.508. The van der Waals surface area contributed by atoms with Gasteiger partial charge in [-0.25, -0.2) is 0 Å². The molecule has 0 aromatic rings. The van der Waals surface area contributed by atoms with Gasteiger partial charge in [-0.15, -0.1) is 0 Å². The Kier molecular flexibility index (Phi) is 7.05. The van der Waals surface area contributed by atoms with Crippen molar-refractivity contribution in [2.75, 3.05) is 54.9 Å². The van der Waals surface area contributed by atoms with Gasteiger partial charge < -0.3 is 30.4 Å². The minimum Gasteiger partial charge on any atom is -0.384 e. The topological polar surface area (TPSA) is 89.0 Å². The summed E-state index contributed by atoms with van der Waals surface area (Å²) >= 11 is 0. The maximum absolute atomic E-state index is 6.08. The average Bonchev–Trinajstić information content (AvgIpc) is 2.18. The zero-order valence-electron chi connectivity index (χ0n) is 10.6. The monoisotopic (exact) mass is 236 g/mol. The molecule has 0 aromatic heterocycles. The maximum atomic E-state index is 6.08. The molecule has 0 bridgehead atoms. The molecule has 0 saturated heterocycles. The zero-order valence-corrected chi connectivity index (χ0v) is 10.6. The molecule has 98 valence electrons. The van der Waals surface area contributed by atoms with Gasteiger partial charge in [-0.05, 0) is 0 Å². The van der Waals surface area contributed by atoms with Crippen LogP contribution in [0.25, 0.3) is 0 Å². The van der Waals surface area contributed by atoms with Gasteiger partial charge in [0, 0.05) is 28.4 Å². The molecule has 6 nitrogen and oxygen atoms in total. The molecule has 6 heteroatoms. The summed E-state index contributed by atoms with van der Waals surface area (Å²) in [5, 5.41) is 0. The molecule has 4 N–H and O–H groups in total. The highest BCUT2D eigenvalue weighted by Gasteiger charge is 2.47. The first-order valence-corrected chi connectivity index (χ1v) is 5.03. The molecule has 0 saturated carbocycles. The van der Waals surface area contributed by atoms with Gasteiger partial charge in [0.25, 0.3) is 0 Å². The van der Waals surface area contributed by atoms with E-state index in [1.807, 2.05) is 0 Å². The van der Waals surface area contributed by atoms with Gasteiger partial charge in [-0.1, -0.05) is 0 Å². The smallest absolute Gasteiger partial charge is 0.100 e. The Bertz CT molecular complexity index is 171. The van der Waals surface area contributed by atoms with E-state index in [-0.39, 0.29) is 6.61 Å². The van der Waals surface area contributed by atoms with Crippen molar-refractivity contribution in [3.8, 4) is 0 Å². The van der Waals surface area contributed by atoms with E-state index in [0.717, 1.165) is 0 Å². The predicted octanol–water partition coefficient (Wildman–Crippen LogP) is -0.828. The summed E-state index contributed by atoms with van der Waals surface area (Å²) in [4.78, 5) is 0. The summed E-state index contributed by atoms with van der Waals surface area (Å²) in [7, 11) is 6.31. The molecule has 0 atom stereocenters. The molecule has 0 rings (SSSR count). The first-order valence-electron chi connectivity index (χ1n) is 5.03. The molecule has 0 aliphatic heterocycles. The molecule has 16 heavy (non-hydrogen) atoms. The SMILES string of the molecule is COCC(N)(N)C(COC)(COC)COC. The second kappa shape index (κ2) is 7.16. The fraction of sp³-hybridized carbons (Fsp3) is 1.00. The Hall–Kier alpha value is -0.240. The molecule has 0 fully saturated rings. The molecule has 0 heterocycles. The van der Waals surface area contributed by atoms with Crippen molar-refractivity contribution in [3.63, 3.8) is 0 Å². The second-order valence-corrected chi connectivity index (χ2v) is 4.05. The third kappa shape index (κ3) is 3.65. The van der Waals surface area contributed by atoms with Gasteiger partial charge in [0.15, 0.2) is 0 Å². The molecular formula is C10H24N2O4. The average molecular weight is 236 g/mol. The molecule has 0 aliphatic carbocycles. The second-order valence-electron chi connectivity index (χ2n) is 4.05. The number of rotatable bonds is 9. The first kappa shape index (κ1) is 15.8. The van der Waals surface area contributed by atoms with Gasteiger partial charge in [-0.2, -0.15) is 0 Å². The van der Waals surface area contributed by atoms with Crippen molar-refractivity contribution >= 4 is 0 Å². The van der Waals surface area contributed by atoms with Crippen LogP contribution < -0.4 is 11.5 Å². The van der Waals surface area contributed by atoms with E-state index >= 15 is 0 Å². The van der Waals surface area contributed by atoms with Crippen molar-refractivity contribution < 1.29 is 18.9 Å². The van der Waals surface area contributed by atoms with E-state index in [1.165, 1.54) is 0 Å². The molecular weight excluding hydrogens is 212 g/mol. The summed E-state index contributed by atoms with van der Waals surface area (Å²) in [6, 6.07) is 0. The normalized spacial score (nSPS) is 13.1. The molecule has 0 amide bonds. The first-order chi connectivity index (χ1) is 7.49. The summed E-state index contributed by atoms with van der Waals surface area (Å²) in [5.41, 5.74) is 10.4. The number of nitrogens with two attached hydrogens (primary N) is 2. The Morgan fingerprint density at radius 2 is 1.00 bits per heavy atom. The van der Waals surface area contributed by atoms with Crippen LogP contribution in [0.4, 0.5) is 0 Å². The lowest BCUT2D eigenvalue weighted by Crippen LogP contribution is -2.70. The van der Waals surface area contributed by atoms with Crippen LogP contribution in [0.5, 0.6) is 0 Å². The van der Waals surface area contributed by atoms with Crippen molar-refractivity contribution in [2.45, 2.75) is 5.66 Å². The van der Waals surface area contributed by atoms with Crippen molar-refractivity contribution in [3.05, 3.63) is 0 Å². The highest BCUT2D eigenvalue weighted by molar-refractivity contribution is 4.99. The summed E-state index contributed by atoms with van der Waals surface area (Å²) in [6.45, 7) is 1.21. The van der Waals surface area contributed by atoms with Gasteiger partial charge in [0.2, 0.25) is 0 Å². The lowest BCUT2D eigenvalue weighted by molar-refractivity contribution is -0.0997. The number of ether oxygens (including phenoxy) is 4. The highest BCUT2D eigenvalue weighted by Crippen LogP contribution is 2.28. The Morgan fingerprint density at radius 1 is 0.688 bits per heavy atom. The lowest BCUT2D eigenvalue weighted by Gasteiger charge is -2.44. The standard InChI is InChI=1S/C10H24N2O4/c1-13-5-9(6-14-2,7-15-3)10(11,12)8-16-4/h5-8,11-12H2,1-4H3. The maximum Gasteiger partial charge on any atom is 0.100 e. The molecule has 0 unspecified atom stereocenters. The Balaban J connectivity index is 4.96. The third-order valence-corrected chi connectivity index (χ3v) is 2.63. The fourth-order valence-corrected chi connectivity index (χ4v) is 1.75. The summed E-state index contributed by atoms with van der Waals surface area (Å²) < 4.78 is 20.5. The van der Waals surface area contributed by atoms with Crippen LogP contribution in [0.1, 0.15) is 0 Å². The number of hydrogen-bond acceptors (Lipinski definition) is 6. The minimum absolute atomic E-state index is 0.197. The van der Waals surface area contributed by atoms with Gasteiger partial charge in [-0.3, -0.25) is 0 Å². The molecule has 0 spiro atoms. The van der Waals surface area contributed by atoms with Crippen LogP contribution in [-0.2, 0) is 18.9 Å². The minimum atomic E-state index is -1.08. The van der Waals surface area contributed by atoms with Crippen LogP contribution in [0.15, 0.2) is 0 Å². The number of methoxy groups -OCH3 is 4. The van der Waals surface area contributed by atoms with Crippen molar-refractivity contribution in [2.24, 2.45) is 16.9 Å². The van der Waals surface area contributed by atoms with E-state index in [0.29, 0.717) is 19.8 Å². The third-order valence-electron chi connectivity index (χ3n) is 2.63. The van der Waals surface area contributed by atoms with E-state index < -0.39 is 11.1 Å². The van der Waals surface area contributed by atoms with E-state index in [4.69, 9.17) is 30.4 Å². The van der Waals surface area contributed by atoms with Gasteiger partial charge in [0.1, 0.15) is 5.66 Å². The zero-order chi connectivity index (χ0) is 12.7.